The van der Waals surface area contributed by atoms with Gasteiger partial charge in [0.05, 0.1) is 18.0 Å². The molecular weight excluding hydrogens is 743 g/mol. The number of carbonyl (C=O) groups excluding carboxylic acids is 7. The van der Waals surface area contributed by atoms with Gasteiger partial charge in [-0.05, 0) is 126 Å². The molecule has 6 unspecified atom stereocenters. The monoisotopic (exact) mass is 810 g/mol. The molecule has 322 valence electrons. The Labute approximate surface area is 342 Å². The Morgan fingerprint density at radius 2 is 1.10 bits per heavy atom. The molecule has 9 atom stereocenters. The molecule has 3 saturated carbocycles. The van der Waals surface area contributed by atoms with Gasteiger partial charge in [0.2, 0.25) is 29.5 Å². The number of ketones is 2. The van der Waals surface area contributed by atoms with Crippen molar-refractivity contribution < 1.29 is 38.7 Å². The molecular formula is C43H67N7O8. The summed E-state index contributed by atoms with van der Waals surface area (Å²) in [7, 11) is 0. The molecule has 0 radical (unpaired) electrons. The lowest BCUT2D eigenvalue weighted by molar-refractivity contribution is -0.134. The Balaban J connectivity index is 1.44. The van der Waals surface area contributed by atoms with Gasteiger partial charge in [0.1, 0.15) is 11.8 Å². The summed E-state index contributed by atoms with van der Waals surface area (Å²) in [5.41, 5.74) is 17.7. The van der Waals surface area contributed by atoms with E-state index in [0.29, 0.717) is 90.1 Å². The number of phenolic OH excluding ortho intramolecular Hbond substituents is 1. The summed E-state index contributed by atoms with van der Waals surface area (Å²) in [5, 5.41) is 21.6. The predicted molar refractivity (Wildman–Crippen MR) is 218 cm³/mol. The third-order valence-electron chi connectivity index (χ3n) is 12.5. The summed E-state index contributed by atoms with van der Waals surface area (Å²) >= 11 is 0. The van der Waals surface area contributed by atoms with Gasteiger partial charge in [0.25, 0.3) is 0 Å². The van der Waals surface area contributed by atoms with Gasteiger partial charge in [-0.15, -0.1) is 0 Å². The van der Waals surface area contributed by atoms with Crippen LogP contribution in [0.15, 0.2) is 24.3 Å². The van der Waals surface area contributed by atoms with Crippen LogP contribution >= 0.6 is 0 Å². The van der Waals surface area contributed by atoms with E-state index in [4.69, 9.17) is 17.2 Å². The Bertz CT molecular complexity index is 1570. The Kier molecular flexibility index (Phi) is 18.6. The molecule has 5 amide bonds. The van der Waals surface area contributed by atoms with Crippen molar-refractivity contribution in [2.45, 2.75) is 147 Å². The smallest absolute Gasteiger partial charge is 0.239 e. The average molecular weight is 810 g/mol. The Morgan fingerprint density at radius 1 is 0.638 bits per heavy atom. The van der Waals surface area contributed by atoms with Crippen molar-refractivity contribution in [3.8, 4) is 5.75 Å². The summed E-state index contributed by atoms with van der Waals surface area (Å²) in [4.78, 5) is 93.0. The number of rotatable bonds is 24. The maximum Gasteiger partial charge on any atom is 0.239 e. The number of benzene rings is 1. The topological polar surface area (TPSA) is 266 Å². The van der Waals surface area contributed by atoms with Crippen molar-refractivity contribution in [1.29, 1.82) is 0 Å². The van der Waals surface area contributed by atoms with Gasteiger partial charge in [0, 0.05) is 37.6 Å². The van der Waals surface area contributed by atoms with Gasteiger partial charge in [-0.2, -0.15) is 0 Å². The molecule has 0 heterocycles. The van der Waals surface area contributed by atoms with Crippen molar-refractivity contribution >= 4 is 41.1 Å². The van der Waals surface area contributed by atoms with E-state index in [1.807, 2.05) is 0 Å². The van der Waals surface area contributed by atoms with E-state index in [1.54, 1.807) is 12.1 Å². The predicted octanol–water partition coefficient (Wildman–Crippen LogP) is 2.19. The number of nitrogens with one attached hydrogen (secondary N) is 4. The van der Waals surface area contributed by atoms with Crippen LogP contribution in [0.2, 0.25) is 0 Å². The van der Waals surface area contributed by atoms with Crippen LogP contribution in [0, 0.1) is 29.6 Å². The maximum absolute atomic E-state index is 14.2. The van der Waals surface area contributed by atoms with E-state index in [2.05, 4.69) is 21.3 Å². The zero-order valence-corrected chi connectivity index (χ0v) is 34.2. The van der Waals surface area contributed by atoms with Crippen LogP contribution in [-0.2, 0) is 40.0 Å². The van der Waals surface area contributed by atoms with Crippen LogP contribution in [0.3, 0.4) is 0 Å². The van der Waals surface area contributed by atoms with Gasteiger partial charge in [-0.25, -0.2) is 0 Å². The van der Waals surface area contributed by atoms with Crippen molar-refractivity contribution in [3.05, 3.63) is 29.8 Å². The highest BCUT2D eigenvalue weighted by Gasteiger charge is 2.41. The summed E-state index contributed by atoms with van der Waals surface area (Å²) in [6.07, 6.45) is 9.78. The summed E-state index contributed by atoms with van der Waals surface area (Å²) < 4.78 is 0. The standard InChI is InChI=1S/C43H67N7O8/c1-26(51)47-34-16-8-13-33(34)43(58)48-35(14-2-4-21-44)38(53)24-28-9-6-12-32(28)42(57)50-37(23-27-17-19-30(52)20-18-27)39(54)25-29-10-7-11-31(29)41(56)49-36(40(46)55)15-3-5-22-45/h17-20,28-29,31-37,52H,2-16,21-25,44-45H2,1H3,(H2,46,55)(H,47,51)(H,48,58)(H,49,56)(H,50,57)/t28?,29?,31?,32?,33?,34?,35-,36-,37-/m1/s1. The van der Waals surface area contributed by atoms with Crippen LogP contribution in [0.4, 0.5) is 0 Å². The number of primary amides is 1. The van der Waals surface area contributed by atoms with Gasteiger partial charge in [-0.1, -0.05) is 31.4 Å². The molecule has 0 bridgehead atoms. The molecule has 0 saturated heterocycles. The minimum absolute atomic E-state index is 0.0517. The lowest BCUT2D eigenvalue weighted by Crippen LogP contribution is -2.49. The van der Waals surface area contributed by atoms with E-state index in [1.165, 1.54) is 19.1 Å². The van der Waals surface area contributed by atoms with Crippen LogP contribution in [0.5, 0.6) is 5.75 Å². The fraction of sp³-hybridized carbons (Fsp3) is 0.698. The van der Waals surface area contributed by atoms with Gasteiger partial charge in [-0.3, -0.25) is 33.6 Å². The summed E-state index contributed by atoms with van der Waals surface area (Å²) in [6.45, 7) is 2.35. The second-order valence-corrected chi connectivity index (χ2v) is 16.8. The second-order valence-electron chi connectivity index (χ2n) is 16.8. The second kappa shape index (κ2) is 23.3. The largest absolute Gasteiger partial charge is 0.508 e. The molecule has 3 aliphatic rings. The van der Waals surface area contributed by atoms with E-state index >= 15 is 0 Å². The van der Waals surface area contributed by atoms with E-state index in [0.717, 1.165) is 24.8 Å². The molecule has 0 aromatic heterocycles. The van der Waals surface area contributed by atoms with Crippen LogP contribution < -0.4 is 38.5 Å². The molecule has 0 aliphatic heterocycles. The van der Waals surface area contributed by atoms with E-state index < -0.39 is 41.8 Å². The van der Waals surface area contributed by atoms with E-state index in [-0.39, 0.29) is 78.1 Å². The molecule has 1 aromatic rings. The van der Waals surface area contributed by atoms with Crippen LogP contribution in [0.1, 0.15) is 122 Å². The minimum Gasteiger partial charge on any atom is -0.508 e. The van der Waals surface area contributed by atoms with Gasteiger partial charge >= 0.3 is 0 Å². The summed E-state index contributed by atoms with van der Waals surface area (Å²) in [6, 6.07) is 3.67. The van der Waals surface area contributed by atoms with Gasteiger partial charge < -0.3 is 43.6 Å². The Morgan fingerprint density at radius 3 is 1.64 bits per heavy atom. The van der Waals surface area contributed by atoms with Crippen molar-refractivity contribution in [2.75, 3.05) is 13.1 Å². The zero-order valence-electron chi connectivity index (χ0n) is 34.2. The first kappa shape index (κ1) is 46.3. The van der Waals surface area contributed by atoms with Gasteiger partial charge in [0.15, 0.2) is 11.6 Å². The molecule has 1 aromatic carbocycles. The van der Waals surface area contributed by atoms with Crippen molar-refractivity contribution in [1.82, 2.24) is 21.3 Å². The molecule has 11 N–H and O–H groups in total. The minimum atomic E-state index is -0.917. The first-order chi connectivity index (χ1) is 27.8. The lowest BCUT2D eigenvalue weighted by Gasteiger charge is -2.27. The van der Waals surface area contributed by atoms with Crippen LogP contribution in [-0.4, -0.2) is 83.5 Å². The highest BCUT2D eigenvalue weighted by atomic mass is 16.3. The number of nitrogens with two attached hydrogens (primary N) is 3. The van der Waals surface area contributed by atoms with Crippen molar-refractivity contribution in [2.24, 2.45) is 46.8 Å². The normalized spacial score (nSPS) is 24.3. The lowest BCUT2D eigenvalue weighted by atomic mass is 9.85. The van der Waals surface area contributed by atoms with Crippen LogP contribution in [0.25, 0.3) is 0 Å². The van der Waals surface area contributed by atoms with Crippen molar-refractivity contribution in [3.63, 3.8) is 0 Å². The SMILES string of the molecule is CC(=O)NC1CCCC1C(=O)N[C@H](CCCCN)C(=O)CC1CCCC1C(=O)N[C@H](Cc1ccc(O)cc1)C(=O)CC1CCCC1C(=O)N[C@H](CCCCN)C(N)=O. The molecule has 3 fully saturated rings. The van der Waals surface area contributed by atoms with E-state index in [9.17, 15) is 38.7 Å². The number of hydrogen-bond acceptors (Lipinski definition) is 10. The maximum atomic E-state index is 14.2. The molecule has 3 aliphatic carbocycles. The number of amides is 5. The fourth-order valence-electron chi connectivity index (χ4n) is 9.30. The zero-order chi connectivity index (χ0) is 42.2. The highest BCUT2D eigenvalue weighted by Crippen LogP contribution is 2.37. The molecule has 15 nitrogen and oxygen atoms in total. The number of carbonyl (C=O) groups is 7. The number of Topliss-reactive ketones (excluding diaryl/α,β-unsaturated/α-hetero) is 2. The molecule has 4 rings (SSSR count). The fourth-order valence-corrected chi connectivity index (χ4v) is 9.30. The quantitative estimate of drug-likeness (QED) is 0.0706. The number of hydrogen-bond donors (Lipinski definition) is 8. The average Bonchev–Trinajstić information content (AvgIpc) is 3.96. The molecule has 0 spiro atoms. The Hall–Kier alpha value is -4.37. The highest BCUT2D eigenvalue weighted by molar-refractivity contribution is 5.93. The first-order valence-electron chi connectivity index (χ1n) is 21.5. The summed E-state index contributed by atoms with van der Waals surface area (Å²) in [5.74, 6) is -4.00. The third-order valence-corrected chi connectivity index (χ3v) is 12.5. The molecule has 58 heavy (non-hydrogen) atoms. The number of aromatic hydroxyl groups is 1. The number of unbranched alkanes of at least 4 members (excludes halogenated alkanes) is 2. The molecule has 15 heteroatoms. The first-order valence-corrected chi connectivity index (χ1v) is 21.5. The number of phenols is 1. The third kappa shape index (κ3) is 13.9.